The smallest absolute Gasteiger partial charge is 0.0988 e. The van der Waals surface area contributed by atoms with Gasteiger partial charge in [-0.1, -0.05) is 49.2 Å². The molecule has 0 radical (unpaired) electrons. The Morgan fingerprint density at radius 1 is 1.22 bits per heavy atom. The molecule has 1 aromatic carbocycles. The van der Waals surface area contributed by atoms with Gasteiger partial charge in [-0.15, -0.1) is 0 Å². The van der Waals surface area contributed by atoms with Crippen molar-refractivity contribution >= 4 is 23.2 Å². The van der Waals surface area contributed by atoms with Gasteiger partial charge < -0.3 is 10.0 Å². The minimum atomic E-state index is -0.659. The van der Waals surface area contributed by atoms with Crippen LogP contribution in [0.3, 0.4) is 0 Å². The van der Waals surface area contributed by atoms with E-state index >= 15 is 0 Å². The predicted molar refractivity (Wildman–Crippen MR) is 78.4 cm³/mol. The van der Waals surface area contributed by atoms with E-state index in [-0.39, 0.29) is 5.54 Å². The maximum absolute atomic E-state index is 10.7. The van der Waals surface area contributed by atoms with E-state index in [2.05, 4.69) is 18.7 Å². The molecule has 0 aliphatic carbocycles. The van der Waals surface area contributed by atoms with Crippen molar-refractivity contribution in [3.8, 4) is 0 Å². The summed E-state index contributed by atoms with van der Waals surface area (Å²) in [5.41, 5.74) is 0.371. The number of hydrogen-bond acceptors (Lipinski definition) is 2. The third kappa shape index (κ3) is 2.67. The van der Waals surface area contributed by atoms with Gasteiger partial charge in [0.25, 0.3) is 0 Å². The Labute approximate surface area is 120 Å². The summed E-state index contributed by atoms with van der Waals surface area (Å²) in [5, 5.41) is 11.6. The molecule has 1 aromatic rings. The molecule has 0 aromatic heterocycles. The summed E-state index contributed by atoms with van der Waals surface area (Å²) in [5.74, 6) is 0. The SMILES string of the molecule is CCC(CC)(C(O)c1cccc(Cl)c1Cl)N(C)C. The highest BCUT2D eigenvalue weighted by Gasteiger charge is 2.38. The summed E-state index contributed by atoms with van der Waals surface area (Å²) >= 11 is 12.2. The molecule has 18 heavy (non-hydrogen) atoms. The Morgan fingerprint density at radius 2 is 1.78 bits per heavy atom. The summed E-state index contributed by atoms with van der Waals surface area (Å²) in [7, 11) is 3.96. The lowest BCUT2D eigenvalue weighted by Gasteiger charge is -2.43. The van der Waals surface area contributed by atoms with Crippen LogP contribution in [0.5, 0.6) is 0 Å². The quantitative estimate of drug-likeness (QED) is 0.880. The second-order valence-corrected chi connectivity index (χ2v) is 5.54. The molecule has 4 heteroatoms. The zero-order valence-corrected chi connectivity index (χ0v) is 12.9. The normalized spacial score (nSPS) is 14.0. The molecule has 0 saturated heterocycles. The van der Waals surface area contributed by atoms with Gasteiger partial charge >= 0.3 is 0 Å². The average Bonchev–Trinajstić information content (AvgIpc) is 2.34. The highest BCUT2D eigenvalue weighted by atomic mass is 35.5. The van der Waals surface area contributed by atoms with Crippen molar-refractivity contribution in [3.63, 3.8) is 0 Å². The molecular weight excluding hydrogens is 269 g/mol. The lowest BCUT2D eigenvalue weighted by Crippen LogP contribution is -2.48. The molecule has 0 heterocycles. The van der Waals surface area contributed by atoms with E-state index in [9.17, 15) is 5.11 Å². The fourth-order valence-electron chi connectivity index (χ4n) is 2.53. The lowest BCUT2D eigenvalue weighted by molar-refractivity contribution is -0.0149. The number of aliphatic hydroxyl groups is 1. The number of hydrogen-bond donors (Lipinski definition) is 1. The van der Waals surface area contributed by atoms with Gasteiger partial charge in [-0.2, -0.15) is 0 Å². The first-order valence-corrected chi connectivity index (χ1v) is 6.95. The predicted octanol–water partition coefficient (Wildman–Crippen LogP) is 4.15. The highest BCUT2D eigenvalue weighted by molar-refractivity contribution is 6.42. The van der Waals surface area contributed by atoms with Crippen molar-refractivity contribution in [2.45, 2.75) is 38.3 Å². The van der Waals surface area contributed by atoms with Gasteiger partial charge in [-0.25, -0.2) is 0 Å². The molecule has 0 bridgehead atoms. The minimum Gasteiger partial charge on any atom is -0.386 e. The van der Waals surface area contributed by atoms with Gasteiger partial charge in [0.1, 0.15) is 0 Å². The molecule has 0 saturated carbocycles. The molecule has 1 unspecified atom stereocenters. The topological polar surface area (TPSA) is 23.5 Å². The van der Waals surface area contributed by atoms with Crippen molar-refractivity contribution in [3.05, 3.63) is 33.8 Å². The molecule has 1 rings (SSSR count). The second-order valence-electron chi connectivity index (χ2n) is 4.75. The average molecular weight is 290 g/mol. The Balaban J connectivity index is 3.26. The van der Waals surface area contributed by atoms with E-state index in [4.69, 9.17) is 23.2 Å². The van der Waals surface area contributed by atoms with Gasteiger partial charge in [-0.3, -0.25) is 0 Å². The first-order valence-electron chi connectivity index (χ1n) is 6.20. The van der Waals surface area contributed by atoms with Gasteiger partial charge in [0.2, 0.25) is 0 Å². The van der Waals surface area contributed by atoms with Crippen LogP contribution in [0.1, 0.15) is 38.4 Å². The zero-order valence-electron chi connectivity index (χ0n) is 11.4. The van der Waals surface area contributed by atoms with E-state index in [1.54, 1.807) is 6.07 Å². The van der Waals surface area contributed by atoms with Crippen LogP contribution in [0.2, 0.25) is 10.0 Å². The summed E-state index contributed by atoms with van der Waals surface area (Å²) in [6, 6.07) is 5.39. The number of rotatable bonds is 5. The van der Waals surface area contributed by atoms with Crippen LogP contribution in [0, 0.1) is 0 Å². The van der Waals surface area contributed by atoms with Crippen LogP contribution in [0.4, 0.5) is 0 Å². The Bertz CT molecular complexity index is 403. The maximum atomic E-state index is 10.7. The summed E-state index contributed by atoms with van der Waals surface area (Å²) in [6.07, 6.45) is 1.01. The fourth-order valence-corrected chi connectivity index (χ4v) is 2.95. The van der Waals surface area contributed by atoms with E-state index in [0.29, 0.717) is 15.6 Å². The molecule has 102 valence electrons. The van der Waals surface area contributed by atoms with Crippen molar-refractivity contribution in [2.75, 3.05) is 14.1 Å². The summed E-state index contributed by atoms with van der Waals surface area (Å²) in [4.78, 5) is 2.06. The third-order valence-electron chi connectivity index (χ3n) is 3.90. The molecule has 0 amide bonds. The molecule has 0 aliphatic rings. The van der Waals surface area contributed by atoms with Crippen molar-refractivity contribution < 1.29 is 5.11 Å². The van der Waals surface area contributed by atoms with Gasteiger partial charge in [0.05, 0.1) is 21.7 Å². The number of aliphatic hydroxyl groups excluding tert-OH is 1. The molecule has 0 aliphatic heterocycles. The van der Waals surface area contributed by atoms with E-state index in [1.807, 2.05) is 26.2 Å². The standard InChI is InChI=1S/C14H21Cl2NO/c1-5-14(6-2,17(3)4)13(18)10-8-7-9-11(15)12(10)16/h7-9,13,18H,5-6H2,1-4H3. The largest absolute Gasteiger partial charge is 0.386 e. The van der Waals surface area contributed by atoms with Crippen molar-refractivity contribution in [1.29, 1.82) is 0 Å². The van der Waals surface area contributed by atoms with Gasteiger partial charge in [-0.05, 0) is 33.0 Å². The first kappa shape index (κ1) is 15.8. The van der Waals surface area contributed by atoms with Crippen molar-refractivity contribution in [1.82, 2.24) is 4.90 Å². The lowest BCUT2D eigenvalue weighted by atomic mass is 9.81. The Morgan fingerprint density at radius 3 is 2.22 bits per heavy atom. The van der Waals surface area contributed by atoms with Gasteiger partial charge in [0, 0.05) is 5.56 Å². The van der Waals surface area contributed by atoms with Crippen LogP contribution in [-0.4, -0.2) is 29.6 Å². The van der Waals surface area contributed by atoms with Gasteiger partial charge in [0.15, 0.2) is 0 Å². The summed E-state index contributed by atoms with van der Waals surface area (Å²) in [6.45, 7) is 4.15. The Hall–Kier alpha value is -0.280. The van der Waals surface area contributed by atoms with Crippen LogP contribution in [-0.2, 0) is 0 Å². The first-order chi connectivity index (χ1) is 8.40. The molecule has 1 N–H and O–H groups in total. The molecule has 2 nitrogen and oxygen atoms in total. The maximum Gasteiger partial charge on any atom is 0.0988 e. The highest BCUT2D eigenvalue weighted by Crippen LogP contribution is 2.40. The number of benzene rings is 1. The van der Waals surface area contributed by atoms with E-state index in [0.717, 1.165) is 12.8 Å². The fraction of sp³-hybridized carbons (Fsp3) is 0.571. The van der Waals surface area contributed by atoms with Crippen LogP contribution < -0.4 is 0 Å². The number of nitrogens with zero attached hydrogens (tertiary/aromatic N) is 1. The zero-order chi connectivity index (χ0) is 13.9. The molecule has 0 spiro atoms. The van der Waals surface area contributed by atoms with E-state index in [1.165, 1.54) is 0 Å². The molecule has 0 fully saturated rings. The minimum absolute atomic E-state index is 0.325. The van der Waals surface area contributed by atoms with E-state index < -0.39 is 6.10 Å². The molecule has 1 atom stereocenters. The number of halogens is 2. The third-order valence-corrected chi connectivity index (χ3v) is 4.73. The van der Waals surface area contributed by atoms with Crippen LogP contribution >= 0.6 is 23.2 Å². The monoisotopic (exact) mass is 289 g/mol. The number of likely N-dealkylation sites (N-methyl/N-ethyl adjacent to an activating group) is 1. The van der Waals surface area contributed by atoms with Crippen LogP contribution in [0.15, 0.2) is 18.2 Å². The van der Waals surface area contributed by atoms with Crippen molar-refractivity contribution in [2.24, 2.45) is 0 Å². The summed E-state index contributed by atoms with van der Waals surface area (Å²) < 4.78 is 0. The molecular formula is C14H21Cl2NO. The Kier molecular flexibility index (Phi) is 5.47. The van der Waals surface area contributed by atoms with Crippen LogP contribution in [0.25, 0.3) is 0 Å². The second kappa shape index (κ2) is 6.25.